The van der Waals surface area contributed by atoms with E-state index in [2.05, 4.69) is 16.4 Å². The van der Waals surface area contributed by atoms with E-state index in [9.17, 15) is 10.1 Å². The van der Waals surface area contributed by atoms with Gasteiger partial charge in [-0.2, -0.15) is 5.26 Å². The summed E-state index contributed by atoms with van der Waals surface area (Å²) in [5, 5.41) is 12.3. The molecule has 1 aromatic heterocycles. The summed E-state index contributed by atoms with van der Waals surface area (Å²) in [7, 11) is 1.81. The molecule has 26 heavy (non-hydrogen) atoms. The van der Waals surface area contributed by atoms with Crippen LogP contribution in [0.3, 0.4) is 0 Å². The molecule has 3 aromatic rings. The second-order valence-electron chi connectivity index (χ2n) is 5.99. The number of nitriles is 1. The molecule has 2 heterocycles. The Balaban J connectivity index is 1.52. The predicted molar refractivity (Wildman–Crippen MR) is 93.5 cm³/mol. The van der Waals surface area contributed by atoms with Crippen LogP contribution in [0.2, 0.25) is 0 Å². The van der Waals surface area contributed by atoms with Gasteiger partial charge in [0.15, 0.2) is 17.4 Å². The van der Waals surface area contributed by atoms with Gasteiger partial charge in [-0.3, -0.25) is 4.79 Å². The molecular weight excluding hydrogens is 332 g/mol. The molecule has 0 fully saturated rings. The highest BCUT2D eigenvalue weighted by atomic mass is 16.7. The van der Waals surface area contributed by atoms with Crippen LogP contribution in [-0.4, -0.2) is 22.3 Å². The molecule has 0 unspecified atom stereocenters. The number of aryl methyl sites for hydroxylation is 1. The minimum Gasteiger partial charge on any atom is -0.454 e. The summed E-state index contributed by atoms with van der Waals surface area (Å²) in [5.74, 6) is 0.403. The van der Waals surface area contributed by atoms with Gasteiger partial charge in [0.25, 0.3) is 0 Å². The van der Waals surface area contributed by atoms with E-state index in [0.29, 0.717) is 17.3 Å². The van der Waals surface area contributed by atoms with Gasteiger partial charge in [0.2, 0.25) is 12.7 Å². The predicted octanol–water partition coefficient (Wildman–Crippen LogP) is 2.23. The lowest BCUT2D eigenvalue weighted by molar-refractivity contribution is -0.121. The molecule has 2 aromatic carbocycles. The van der Waals surface area contributed by atoms with Gasteiger partial charge >= 0.3 is 0 Å². The molecule has 0 bridgehead atoms. The van der Waals surface area contributed by atoms with Crippen molar-refractivity contribution in [1.29, 1.82) is 5.26 Å². The zero-order valence-electron chi connectivity index (χ0n) is 14.1. The number of imidazole rings is 1. The van der Waals surface area contributed by atoms with Gasteiger partial charge < -0.3 is 19.4 Å². The van der Waals surface area contributed by atoms with E-state index >= 15 is 0 Å². The first kappa shape index (κ1) is 16.0. The van der Waals surface area contributed by atoms with Crippen molar-refractivity contribution in [3.8, 4) is 17.6 Å². The summed E-state index contributed by atoms with van der Waals surface area (Å²) in [4.78, 5) is 17.0. The van der Waals surface area contributed by atoms with Crippen LogP contribution < -0.4 is 14.8 Å². The number of hydrogen-bond donors (Lipinski definition) is 1. The average molecular weight is 348 g/mol. The van der Waals surface area contributed by atoms with E-state index in [4.69, 9.17) is 9.47 Å². The number of carbonyl (C=O) groups excluding carboxylic acids is 1. The fraction of sp³-hybridized carbons (Fsp3) is 0.211. The Bertz CT molecular complexity index is 1030. The SMILES string of the molecule is Cn1c([C@@H](C#N)C(=O)NCc2ccc3c(c2)OCO3)nc2ccccc21. The van der Waals surface area contributed by atoms with Crippen LogP contribution in [0.1, 0.15) is 17.3 Å². The van der Waals surface area contributed by atoms with Crippen molar-refractivity contribution in [3.05, 3.63) is 53.9 Å². The first-order valence-corrected chi connectivity index (χ1v) is 8.14. The van der Waals surface area contributed by atoms with Crippen molar-refractivity contribution in [1.82, 2.24) is 14.9 Å². The number of carbonyl (C=O) groups is 1. The van der Waals surface area contributed by atoms with Gasteiger partial charge in [-0.15, -0.1) is 0 Å². The van der Waals surface area contributed by atoms with Crippen molar-refractivity contribution >= 4 is 16.9 Å². The number of rotatable bonds is 4. The Hall–Kier alpha value is -3.53. The normalized spacial score (nSPS) is 13.4. The lowest BCUT2D eigenvalue weighted by Crippen LogP contribution is -2.29. The molecule has 130 valence electrons. The third kappa shape index (κ3) is 2.71. The lowest BCUT2D eigenvalue weighted by Gasteiger charge is -2.11. The van der Waals surface area contributed by atoms with Crippen molar-refractivity contribution in [2.45, 2.75) is 12.5 Å². The molecule has 0 saturated heterocycles. The number of fused-ring (bicyclic) bond motifs is 2. The zero-order chi connectivity index (χ0) is 18.1. The topological polar surface area (TPSA) is 89.2 Å². The van der Waals surface area contributed by atoms with Gasteiger partial charge in [-0.1, -0.05) is 18.2 Å². The van der Waals surface area contributed by atoms with Crippen LogP contribution in [0.15, 0.2) is 42.5 Å². The van der Waals surface area contributed by atoms with E-state index in [1.165, 1.54) is 0 Å². The van der Waals surface area contributed by atoms with E-state index in [1.807, 2.05) is 36.4 Å². The van der Waals surface area contributed by atoms with E-state index in [-0.39, 0.29) is 19.2 Å². The number of nitrogens with one attached hydrogen (secondary N) is 1. The summed E-state index contributed by atoms with van der Waals surface area (Å²) in [6, 6.07) is 15.1. The van der Waals surface area contributed by atoms with Crippen LogP contribution in [0, 0.1) is 11.3 Å². The number of amides is 1. The minimum absolute atomic E-state index is 0.203. The van der Waals surface area contributed by atoms with Gasteiger partial charge in [0.05, 0.1) is 17.1 Å². The third-order valence-electron chi connectivity index (χ3n) is 4.37. The van der Waals surface area contributed by atoms with Gasteiger partial charge in [0.1, 0.15) is 5.82 Å². The Morgan fingerprint density at radius 1 is 1.31 bits per heavy atom. The molecule has 0 radical (unpaired) electrons. The number of nitrogens with zero attached hydrogens (tertiary/aromatic N) is 3. The molecule has 1 aliphatic heterocycles. The van der Waals surface area contributed by atoms with Crippen LogP contribution in [0.4, 0.5) is 0 Å². The van der Waals surface area contributed by atoms with Crippen LogP contribution >= 0.6 is 0 Å². The number of aromatic nitrogens is 2. The highest BCUT2D eigenvalue weighted by Gasteiger charge is 2.25. The van der Waals surface area contributed by atoms with E-state index in [0.717, 1.165) is 16.6 Å². The summed E-state index contributed by atoms with van der Waals surface area (Å²) in [6.07, 6.45) is 0. The van der Waals surface area contributed by atoms with Crippen molar-refractivity contribution in [2.24, 2.45) is 7.05 Å². The fourth-order valence-electron chi connectivity index (χ4n) is 3.00. The molecule has 7 heteroatoms. The van der Waals surface area contributed by atoms with E-state index < -0.39 is 5.92 Å². The number of para-hydroxylation sites is 2. The minimum atomic E-state index is -0.985. The van der Waals surface area contributed by atoms with Crippen molar-refractivity contribution < 1.29 is 14.3 Å². The second-order valence-corrected chi connectivity index (χ2v) is 5.99. The van der Waals surface area contributed by atoms with Gasteiger partial charge in [-0.05, 0) is 29.8 Å². The molecule has 4 rings (SSSR count). The summed E-state index contributed by atoms with van der Waals surface area (Å²) >= 11 is 0. The maximum atomic E-state index is 12.6. The van der Waals surface area contributed by atoms with Gasteiger partial charge in [-0.25, -0.2) is 4.98 Å². The molecule has 1 amide bonds. The highest BCUT2D eigenvalue weighted by molar-refractivity contribution is 5.87. The third-order valence-corrected chi connectivity index (χ3v) is 4.37. The summed E-state index contributed by atoms with van der Waals surface area (Å²) < 4.78 is 12.4. The van der Waals surface area contributed by atoms with Crippen molar-refractivity contribution in [2.75, 3.05) is 6.79 Å². The maximum Gasteiger partial charge on any atom is 0.245 e. The summed E-state index contributed by atoms with van der Waals surface area (Å²) in [5.41, 5.74) is 2.50. The standard InChI is InChI=1S/C19H16N4O3/c1-23-15-5-3-2-4-14(15)22-18(23)13(9-20)19(24)21-10-12-6-7-16-17(8-12)26-11-25-16/h2-8,13H,10-11H2,1H3,(H,21,24)/t13-/m1/s1. The number of benzene rings is 2. The number of hydrogen-bond acceptors (Lipinski definition) is 5. The van der Waals surface area contributed by atoms with Crippen LogP contribution in [0.5, 0.6) is 11.5 Å². The van der Waals surface area contributed by atoms with Crippen molar-refractivity contribution in [3.63, 3.8) is 0 Å². The molecule has 0 saturated carbocycles. The van der Waals surface area contributed by atoms with Crippen LogP contribution in [0.25, 0.3) is 11.0 Å². The smallest absolute Gasteiger partial charge is 0.245 e. The molecule has 1 atom stereocenters. The van der Waals surface area contributed by atoms with Gasteiger partial charge in [0, 0.05) is 13.6 Å². The molecule has 7 nitrogen and oxygen atoms in total. The molecule has 0 aliphatic carbocycles. The summed E-state index contributed by atoms with van der Waals surface area (Å²) in [6.45, 7) is 0.492. The fourth-order valence-corrected chi connectivity index (χ4v) is 3.00. The Kier molecular flexibility index (Phi) is 3.93. The average Bonchev–Trinajstić information content (AvgIpc) is 3.25. The highest BCUT2D eigenvalue weighted by Crippen LogP contribution is 2.32. The first-order chi connectivity index (χ1) is 12.7. The molecular formula is C19H16N4O3. The first-order valence-electron chi connectivity index (χ1n) is 8.14. The maximum absolute atomic E-state index is 12.6. The van der Waals surface area contributed by atoms with E-state index in [1.54, 1.807) is 17.7 Å². The Morgan fingerprint density at radius 2 is 2.12 bits per heavy atom. The zero-order valence-corrected chi connectivity index (χ0v) is 14.1. The molecule has 1 aliphatic rings. The molecule has 1 N–H and O–H groups in total. The Morgan fingerprint density at radius 3 is 2.92 bits per heavy atom. The Labute approximate surface area is 149 Å². The second kappa shape index (κ2) is 6.41. The largest absolute Gasteiger partial charge is 0.454 e. The quantitative estimate of drug-likeness (QED) is 0.781. The van der Waals surface area contributed by atoms with Crippen LogP contribution in [-0.2, 0) is 18.4 Å². The monoisotopic (exact) mass is 348 g/mol. The lowest BCUT2D eigenvalue weighted by atomic mass is 10.1. The molecule has 0 spiro atoms. The number of ether oxygens (including phenoxy) is 2.